The topological polar surface area (TPSA) is 121 Å². The molecule has 1 atom stereocenters. The number of carbonyl (C=O) groups is 1. The Hall–Kier alpha value is -2.95. The zero-order chi connectivity index (χ0) is 25.1. The fraction of sp³-hybridized carbons (Fsp3) is 0.320. The molecule has 4 rings (SSSR count). The number of anilines is 1. The molecule has 1 heterocycles. The average Bonchev–Trinajstić information content (AvgIpc) is 2.82. The molecular weight excluding hydrogens is 522 g/mol. The third-order valence-electron chi connectivity index (χ3n) is 6.20. The minimum atomic E-state index is -0.930. The summed E-state index contributed by atoms with van der Waals surface area (Å²) < 4.78 is 29.2. The highest BCUT2D eigenvalue weighted by Crippen LogP contribution is 2.34. The molecule has 0 unspecified atom stereocenters. The molecule has 2 aromatic carbocycles. The van der Waals surface area contributed by atoms with E-state index < -0.39 is 30.2 Å². The Morgan fingerprint density at radius 1 is 1.17 bits per heavy atom. The molecule has 1 aliphatic carbocycles. The minimum Gasteiger partial charge on any atom is -0.394 e. The number of nitrogens with zero attached hydrogens (tertiary/aromatic N) is 2. The standard InChI is InChI=1S/C25H25BrF2N4O3/c26-16-7-15(8-17(27)10-16)22(12-33)32-25(35)19-6-3-14(9-20(19)28)23-24(29)30-11-21(31-23)13-1-4-18(34)5-2-13/h3,6-11,13,18,22,33-34H,1-2,4-5,12H2,(H2,29,30)(H,32,35)/t13-,18+,22-/m1/s1. The van der Waals surface area contributed by atoms with Gasteiger partial charge in [-0.25, -0.2) is 18.7 Å². The molecule has 5 N–H and O–H groups in total. The first-order valence-electron chi connectivity index (χ1n) is 11.2. The van der Waals surface area contributed by atoms with Gasteiger partial charge in [-0.15, -0.1) is 0 Å². The van der Waals surface area contributed by atoms with Crippen LogP contribution in [-0.4, -0.2) is 38.8 Å². The molecule has 1 aromatic heterocycles. The van der Waals surface area contributed by atoms with E-state index in [0.29, 0.717) is 34.1 Å². The van der Waals surface area contributed by atoms with Crippen molar-refractivity contribution in [1.29, 1.82) is 0 Å². The van der Waals surface area contributed by atoms with E-state index in [1.807, 2.05) is 0 Å². The first-order chi connectivity index (χ1) is 16.7. The van der Waals surface area contributed by atoms with Crippen LogP contribution in [-0.2, 0) is 0 Å². The summed E-state index contributed by atoms with van der Waals surface area (Å²) in [6, 6.07) is 7.06. The lowest BCUT2D eigenvalue weighted by molar-refractivity contribution is 0.0912. The number of aromatic nitrogens is 2. The monoisotopic (exact) mass is 546 g/mol. The van der Waals surface area contributed by atoms with Crippen molar-refractivity contribution in [3.05, 3.63) is 75.5 Å². The van der Waals surface area contributed by atoms with E-state index in [1.165, 1.54) is 24.3 Å². The molecule has 0 spiro atoms. The molecule has 0 bridgehead atoms. The number of nitrogens with one attached hydrogen (secondary N) is 1. The Morgan fingerprint density at radius 3 is 2.57 bits per heavy atom. The minimum absolute atomic E-state index is 0.137. The van der Waals surface area contributed by atoms with Gasteiger partial charge in [-0.3, -0.25) is 4.79 Å². The fourth-order valence-corrected chi connectivity index (χ4v) is 4.77. The number of carbonyl (C=O) groups excluding carboxylic acids is 1. The molecule has 0 radical (unpaired) electrons. The zero-order valence-corrected chi connectivity index (χ0v) is 20.3. The van der Waals surface area contributed by atoms with Gasteiger partial charge in [0.05, 0.1) is 36.2 Å². The van der Waals surface area contributed by atoms with Crippen LogP contribution in [0.5, 0.6) is 0 Å². The lowest BCUT2D eigenvalue weighted by Crippen LogP contribution is -2.31. The van der Waals surface area contributed by atoms with E-state index in [2.05, 4.69) is 31.2 Å². The highest BCUT2D eigenvalue weighted by atomic mass is 79.9. The second kappa shape index (κ2) is 10.8. The maximum Gasteiger partial charge on any atom is 0.254 e. The Bertz CT molecular complexity index is 1220. The molecule has 0 saturated heterocycles. The number of rotatable bonds is 6. The highest BCUT2D eigenvalue weighted by molar-refractivity contribution is 9.10. The normalized spacial score (nSPS) is 18.8. The second-order valence-corrected chi connectivity index (χ2v) is 9.56. The van der Waals surface area contributed by atoms with Crippen LogP contribution in [0.2, 0.25) is 0 Å². The number of halogens is 3. The van der Waals surface area contributed by atoms with Gasteiger partial charge in [0.2, 0.25) is 0 Å². The first-order valence-corrected chi connectivity index (χ1v) is 12.0. The van der Waals surface area contributed by atoms with Crippen LogP contribution < -0.4 is 11.1 Å². The Balaban J connectivity index is 1.55. The molecule has 184 valence electrons. The maximum absolute atomic E-state index is 15.0. The second-order valence-electron chi connectivity index (χ2n) is 8.64. The lowest BCUT2D eigenvalue weighted by atomic mass is 9.85. The van der Waals surface area contributed by atoms with Crippen LogP contribution in [0.4, 0.5) is 14.6 Å². The van der Waals surface area contributed by atoms with Crippen LogP contribution in [0.1, 0.15) is 59.3 Å². The van der Waals surface area contributed by atoms with Crippen molar-refractivity contribution < 1.29 is 23.8 Å². The van der Waals surface area contributed by atoms with Crippen LogP contribution in [0.25, 0.3) is 11.3 Å². The van der Waals surface area contributed by atoms with Crippen LogP contribution in [0, 0.1) is 11.6 Å². The van der Waals surface area contributed by atoms with Gasteiger partial charge in [0.25, 0.3) is 5.91 Å². The summed E-state index contributed by atoms with van der Waals surface area (Å²) in [5.41, 5.74) is 7.52. The molecule has 10 heteroatoms. The highest BCUT2D eigenvalue weighted by Gasteiger charge is 2.24. The predicted octanol–water partition coefficient (Wildman–Crippen LogP) is 4.25. The molecule has 35 heavy (non-hydrogen) atoms. The molecule has 1 aliphatic rings. The van der Waals surface area contributed by atoms with Crippen molar-refractivity contribution in [1.82, 2.24) is 15.3 Å². The fourth-order valence-electron chi connectivity index (χ4n) is 4.29. The van der Waals surface area contributed by atoms with Crippen molar-refractivity contribution >= 4 is 27.7 Å². The van der Waals surface area contributed by atoms with Gasteiger partial charge < -0.3 is 21.3 Å². The van der Waals surface area contributed by atoms with Gasteiger partial charge in [0.15, 0.2) is 0 Å². The number of hydrogen-bond donors (Lipinski definition) is 4. The number of benzene rings is 2. The summed E-state index contributed by atoms with van der Waals surface area (Å²) in [4.78, 5) is 21.6. The lowest BCUT2D eigenvalue weighted by Gasteiger charge is -2.25. The largest absolute Gasteiger partial charge is 0.394 e. The molecule has 0 aliphatic heterocycles. The van der Waals surface area contributed by atoms with Crippen molar-refractivity contribution in [3.8, 4) is 11.3 Å². The number of aliphatic hydroxyl groups is 2. The van der Waals surface area contributed by atoms with Crippen LogP contribution in [0.3, 0.4) is 0 Å². The quantitative estimate of drug-likeness (QED) is 0.366. The van der Waals surface area contributed by atoms with Gasteiger partial charge in [-0.2, -0.15) is 0 Å². The number of nitrogens with two attached hydrogens (primary N) is 1. The van der Waals surface area contributed by atoms with Gasteiger partial charge in [0, 0.05) is 16.0 Å². The van der Waals surface area contributed by atoms with Crippen LogP contribution in [0.15, 0.2) is 47.1 Å². The van der Waals surface area contributed by atoms with E-state index in [0.717, 1.165) is 24.6 Å². The summed E-state index contributed by atoms with van der Waals surface area (Å²) in [6.07, 6.45) is 4.24. The Morgan fingerprint density at radius 2 is 1.91 bits per heavy atom. The van der Waals surface area contributed by atoms with Crippen LogP contribution >= 0.6 is 15.9 Å². The van der Waals surface area contributed by atoms with Crippen molar-refractivity contribution in [3.63, 3.8) is 0 Å². The summed E-state index contributed by atoms with van der Waals surface area (Å²) in [7, 11) is 0. The summed E-state index contributed by atoms with van der Waals surface area (Å²) in [6.45, 7) is -0.502. The van der Waals surface area contributed by atoms with Crippen molar-refractivity contribution in [2.45, 2.75) is 43.7 Å². The summed E-state index contributed by atoms with van der Waals surface area (Å²) in [5, 5.41) is 22.0. The van der Waals surface area contributed by atoms with E-state index in [4.69, 9.17) is 5.73 Å². The maximum atomic E-state index is 15.0. The SMILES string of the molecule is Nc1ncc([C@H]2CC[C@@H](O)CC2)nc1-c1ccc(C(=O)N[C@H](CO)c2cc(F)cc(Br)c2)c(F)c1. The summed E-state index contributed by atoms with van der Waals surface area (Å²) >= 11 is 3.18. The number of amides is 1. The Labute approximate surface area is 209 Å². The van der Waals surface area contributed by atoms with E-state index in [1.54, 1.807) is 12.3 Å². The van der Waals surface area contributed by atoms with Gasteiger partial charge in [-0.1, -0.05) is 22.0 Å². The Kier molecular flexibility index (Phi) is 7.73. The first kappa shape index (κ1) is 25.2. The van der Waals surface area contributed by atoms with Gasteiger partial charge in [0.1, 0.15) is 23.1 Å². The molecule has 3 aromatic rings. The van der Waals surface area contributed by atoms with Crippen molar-refractivity contribution in [2.75, 3.05) is 12.3 Å². The molecule has 1 amide bonds. The van der Waals surface area contributed by atoms with E-state index >= 15 is 0 Å². The smallest absolute Gasteiger partial charge is 0.254 e. The average molecular weight is 547 g/mol. The molecule has 1 fully saturated rings. The number of nitrogen functional groups attached to an aromatic ring is 1. The third kappa shape index (κ3) is 5.83. The third-order valence-corrected chi connectivity index (χ3v) is 6.65. The van der Waals surface area contributed by atoms with E-state index in [9.17, 15) is 23.8 Å². The van der Waals surface area contributed by atoms with Gasteiger partial charge in [-0.05, 0) is 61.6 Å². The van der Waals surface area contributed by atoms with Gasteiger partial charge >= 0.3 is 0 Å². The molecule has 1 saturated carbocycles. The molecule has 7 nitrogen and oxygen atoms in total. The summed E-state index contributed by atoms with van der Waals surface area (Å²) in [5.74, 6) is -1.83. The number of hydrogen-bond acceptors (Lipinski definition) is 6. The van der Waals surface area contributed by atoms with E-state index in [-0.39, 0.29) is 23.4 Å². The molecular formula is C25H25BrF2N4O3. The predicted molar refractivity (Wildman–Crippen MR) is 130 cm³/mol. The zero-order valence-electron chi connectivity index (χ0n) is 18.7. The van der Waals surface area contributed by atoms with Crippen molar-refractivity contribution in [2.24, 2.45) is 0 Å². The number of aliphatic hydroxyl groups excluding tert-OH is 2.